The van der Waals surface area contributed by atoms with Crippen molar-refractivity contribution in [2.75, 3.05) is 13.1 Å². The van der Waals surface area contributed by atoms with Crippen LogP contribution in [0.25, 0.3) is 0 Å². The molecule has 6 heteroatoms. The fraction of sp³-hybridized carbons (Fsp3) is 0.727. The summed E-state index contributed by atoms with van der Waals surface area (Å²) in [5.74, 6) is 1.40. The second-order valence-electron chi connectivity index (χ2n) is 4.60. The molecule has 1 fully saturated rings. The Bertz CT molecular complexity index is 389. The molecule has 2 N–H and O–H groups in total. The van der Waals surface area contributed by atoms with Gasteiger partial charge in [0, 0.05) is 20.0 Å². The molecule has 94 valence electrons. The minimum absolute atomic E-state index is 0.0329. The molecule has 1 aliphatic rings. The van der Waals surface area contributed by atoms with Crippen molar-refractivity contribution in [3.8, 4) is 0 Å². The Morgan fingerprint density at radius 2 is 2.53 bits per heavy atom. The van der Waals surface area contributed by atoms with Gasteiger partial charge in [-0.1, -0.05) is 6.92 Å². The van der Waals surface area contributed by atoms with Gasteiger partial charge in [-0.2, -0.15) is 0 Å². The highest BCUT2D eigenvalue weighted by molar-refractivity contribution is 5.82. The zero-order valence-electron chi connectivity index (χ0n) is 10.3. The standard InChI is InChI=1S/C11H19N5O/c1-8-3-5-12-10(8)11(17)13-6-4-9-15-14-7-16(9)2/h7-8,10,12H,3-6H2,1-2H3,(H,13,17). The van der Waals surface area contributed by atoms with Gasteiger partial charge in [0.1, 0.15) is 12.2 Å². The molecule has 6 nitrogen and oxygen atoms in total. The van der Waals surface area contributed by atoms with Crippen LogP contribution >= 0.6 is 0 Å². The van der Waals surface area contributed by atoms with E-state index in [1.165, 1.54) is 0 Å². The molecule has 0 spiro atoms. The van der Waals surface area contributed by atoms with Crippen LogP contribution < -0.4 is 10.6 Å². The molecule has 0 saturated carbocycles. The van der Waals surface area contributed by atoms with Crippen molar-refractivity contribution in [2.24, 2.45) is 13.0 Å². The molecule has 2 unspecified atom stereocenters. The molecule has 0 radical (unpaired) electrons. The number of aryl methyl sites for hydroxylation is 1. The highest BCUT2D eigenvalue weighted by atomic mass is 16.2. The van der Waals surface area contributed by atoms with Crippen LogP contribution in [0.15, 0.2) is 6.33 Å². The fourth-order valence-corrected chi connectivity index (χ4v) is 2.13. The highest BCUT2D eigenvalue weighted by Gasteiger charge is 2.28. The molecule has 1 amide bonds. The normalized spacial score (nSPS) is 23.9. The van der Waals surface area contributed by atoms with E-state index in [9.17, 15) is 4.79 Å². The van der Waals surface area contributed by atoms with E-state index in [1.54, 1.807) is 6.33 Å². The summed E-state index contributed by atoms with van der Waals surface area (Å²) in [6.07, 6.45) is 3.45. The van der Waals surface area contributed by atoms with Crippen LogP contribution in [0.1, 0.15) is 19.2 Å². The van der Waals surface area contributed by atoms with Gasteiger partial charge in [0.2, 0.25) is 5.91 Å². The van der Waals surface area contributed by atoms with Crippen molar-refractivity contribution in [1.82, 2.24) is 25.4 Å². The first-order valence-electron chi connectivity index (χ1n) is 6.02. The first-order valence-corrected chi connectivity index (χ1v) is 6.02. The maximum atomic E-state index is 11.9. The Hall–Kier alpha value is -1.43. The molecule has 2 atom stereocenters. The second kappa shape index (κ2) is 5.27. The maximum absolute atomic E-state index is 11.9. The van der Waals surface area contributed by atoms with Crippen molar-refractivity contribution in [3.63, 3.8) is 0 Å². The van der Waals surface area contributed by atoms with Crippen LogP contribution in [0, 0.1) is 5.92 Å². The van der Waals surface area contributed by atoms with Gasteiger partial charge in [-0.25, -0.2) is 0 Å². The summed E-state index contributed by atoms with van der Waals surface area (Å²) in [6.45, 7) is 3.64. The van der Waals surface area contributed by atoms with E-state index in [1.807, 2.05) is 11.6 Å². The largest absolute Gasteiger partial charge is 0.354 e. The van der Waals surface area contributed by atoms with E-state index in [0.29, 0.717) is 18.9 Å². The van der Waals surface area contributed by atoms with Gasteiger partial charge < -0.3 is 15.2 Å². The number of carbonyl (C=O) groups excluding carboxylic acids is 1. The summed E-state index contributed by atoms with van der Waals surface area (Å²) in [5.41, 5.74) is 0. The Balaban J connectivity index is 1.75. The van der Waals surface area contributed by atoms with E-state index in [-0.39, 0.29) is 11.9 Å². The lowest BCUT2D eigenvalue weighted by Gasteiger charge is -2.15. The predicted molar refractivity (Wildman–Crippen MR) is 63.3 cm³/mol. The molecule has 0 aliphatic carbocycles. The van der Waals surface area contributed by atoms with Crippen molar-refractivity contribution in [2.45, 2.75) is 25.8 Å². The molecule has 1 saturated heterocycles. The summed E-state index contributed by atoms with van der Waals surface area (Å²) in [4.78, 5) is 11.9. The van der Waals surface area contributed by atoms with Crippen LogP contribution in [0.3, 0.4) is 0 Å². The molecule has 2 heterocycles. The van der Waals surface area contributed by atoms with E-state index >= 15 is 0 Å². The van der Waals surface area contributed by atoms with Gasteiger partial charge in [-0.05, 0) is 18.9 Å². The fourth-order valence-electron chi connectivity index (χ4n) is 2.13. The van der Waals surface area contributed by atoms with Crippen LogP contribution in [0.5, 0.6) is 0 Å². The summed E-state index contributed by atoms with van der Waals surface area (Å²) in [7, 11) is 1.90. The molecule has 0 aromatic carbocycles. The number of hydrogen-bond donors (Lipinski definition) is 2. The van der Waals surface area contributed by atoms with Gasteiger partial charge in [0.15, 0.2) is 0 Å². The van der Waals surface area contributed by atoms with Crippen molar-refractivity contribution < 1.29 is 4.79 Å². The zero-order valence-corrected chi connectivity index (χ0v) is 10.3. The number of nitrogens with zero attached hydrogens (tertiary/aromatic N) is 3. The maximum Gasteiger partial charge on any atom is 0.237 e. The van der Waals surface area contributed by atoms with E-state index in [2.05, 4.69) is 27.8 Å². The molecule has 2 rings (SSSR count). The van der Waals surface area contributed by atoms with E-state index in [0.717, 1.165) is 18.8 Å². The number of nitrogens with one attached hydrogen (secondary N) is 2. The minimum Gasteiger partial charge on any atom is -0.354 e. The molecule has 1 aromatic rings. The summed E-state index contributed by atoms with van der Waals surface area (Å²) in [6, 6.07) is -0.0329. The first-order chi connectivity index (χ1) is 8.18. The highest BCUT2D eigenvalue weighted by Crippen LogP contribution is 2.13. The van der Waals surface area contributed by atoms with Crippen LogP contribution in [-0.2, 0) is 18.3 Å². The summed E-state index contributed by atoms with van der Waals surface area (Å²) >= 11 is 0. The lowest BCUT2D eigenvalue weighted by Crippen LogP contribution is -2.43. The average molecular weight is 237 g/mol. The number of aromatic nitrogens is 3. The number of rotatable bonds is 4. The van der Waals surface area contributed by atoms with Crippen molar-refractivity contribution >= 4 is 5.91 Å². The Labute approximate surface area is 101 Å². The summed E-state index contributed by atoms with van der Waals surface area (Å²) < 4.78 is 1.86. The van der Waals surface area contributed by atoms with Gasteiger partial charge in [0.05, 0.1) is 6.04 Å². The Kier molecular flexibility index (Phi) is 3.73. The SMILES string of the molecule is CC1CCNC1C(=O)NCCc1nncn1C. The van der Waals surface area contributed by atoms with Gasteiger partial charge in [-0.3, -0.25) is 4.79 Å². The van der Waals surface area contributed by atoms with Crippen molar-refractivity contribution in [3.05, 3.63) is 12.2 Å². The van der Waals surface area contributed by atoms with Crippen LogP contribution in [-0.4, -0.2) is 39.8 Å². The molecular formula is C11H19N5O. The van der Waals surface area contributed by atoms with Crippen LogP contribution in [0.2, 0.25) is 0 Å². The van der Waals surface area contributed by atoms with Crippen molar-refractivity contribution in [1.29, 1.82) is 0 Å². The first kappa shape index (κ1) is 12.0. The Morgan fingerprint density at radius 1 is 1.71 bits per heavy atom. The second-order valence-corrected chi connectivity index (χ2v) is 4.60. The zero-order chi connectivity index (χ0) is 12.3. The van der Waals surface area contributed by atoms with E-state index in [4.69, 9.17) is 0 Å². The topological polar surface area (TPSA) is 71.8 Å². The third-order valence-corrected chi connectivity index (χ3v) is 3.27. The lowest BCUT2D eigenvalue weighted by atomic mass is 10.0. The Morgan fingerprint density at radius 3 is 3.12 bits per heavy atom. The molecular weight excluding hydrogens is 218 g/mol. The molecule has 1 aliphatic heterocycles. The third kappa shape index (κ3) is 2.82. The minimum atomic E-state index is -0.0329. The quantitative estimate of drug-likeness (QED) is 0.738. The number of hydrogen-bond acceptors (Lipinski definition) is 4. The smallest absolute Gasteiger partial charge is 0.237 e. The number of carbonyl (C=O) groups is 1. The van der Waals surface area contributed by atoms with Crippen LogP contribution in [0.4, 0.5) is 0 Å². The summed E-state index contributed by atoms with van der Waals surface area (Å²) in [5, 5.41) is 13.9. The van der Waals surface area contributed by atoms with Gasteiger partial charge >= 0.3 is 0 Å². The lowest BCUT2D eigenvalue weighted by molar-refractivity contribution is -0.123. The molecule has 0 bridgehead atoms. The average Bonchev–Trinajstić information content (AvgIpc) is 2.88. The predicted octanol–water partition coefficient (Wildman–Crippen LogP) is -0.528. The van der Waals surface area contributed by atoms with E-state index < -0.39 is 0 Å². The van der Waals surface area contributed by atoms with Gasteiger partial charge in [-0.15, -0.1) is 10.2 Å². The van der Waals surface area contributed by atoms with Gasteiger partial charge in [0.25, 0.3) is 0 Å². The molecule has 17 heavy (non-hydrogen) atoms. The molecule has 1 aromatic heterocycles. The number of amides is 1. The third-order valence-electron chi connectivity index (χ3n) is 3.27. The monoisotopic (exact) mass is 237 g/mol.